The molecule has 0 unspecified atom stereocenters. The second kappa shape index (κ2) is 6.28. The van der Waals surface area contributed by atoms with Crippen molar-refractivity contribution in [1.82, 2.24) is 14.9 Å². The summed E-state index contributed by atoms with van der Waals surface area (Å²) in [5.41, 5.74) is 2.05. The lowest BCUT2D eigenvalue weighted by molar-refractivity contribution is -0.134. The molecule has 5 nitrogen and oxygen atoms in total. The maximum atomic E-state index is 12.4. The van der Waals surface area contributed by atoms with Crippen LogP contribution in [0.3, 0.4) is 0 Å². The Bertz CT molecular complexity index is 894. The van der Waals surface area contributed by atoms with Gasteiger partial charge in [-0.05, 0) is 22.9 Å². The lowest BCUT2D eigenvalue weighted by Gasteiger charge is -2.27. The standard InChI is InChI=1S/C19H17N3O2/c23-19(22-8-7-18-16(11-22)10-20-13-21-18)12-24-17-6-5-14-3-1-2-4-15(14)9-17/h1-6,9-10,13H,7-8,11-12H2. The van der Waals surface area contributed by atoms with Gasteiger partial charge >= 0.3 is 0 Å². The van der Waals surface area contributed by atoms with Gasteiger partial charge in [-0.15, -0.1) is 0 Å². The molecule has 4 rings (SSSR count). The van der Waals surface area contributed by atoms with E-state index in [-0.39, 0.29) is 12.5 Å². The van der Waals surface area contributed by atoms with E-state index >= 15 is 0 Å². The molecule has 1 aliphatic rings. The van der Waals surface area contributed by atoms with Crippen molar-refractivity contribution >= 4 is 16.7 Å². The predicted molar refractivity (Wildman–Crippen MR) is 90.6 cm³/mol. The van der Waals surface area contributed by atoms with Gasteiger partial charge in [0.1, 0.15) is 12.1 Å². The highest BCUT2D eigenvalue weighted by Crippen LogP contribution is 2.21. The van der Waals surface area contributed by atoms with Gasteiger partial charge in [-0.25, -0.2) is 9.97 Å². The van der Waals surface area contributed by atoms with Crippen molar-refractivity contribution < 1.29 is 9.53 Å². The van der Waals surface area contributed by atoms with Crippen LogP contribution in [0, 0.1) is 0 Å². The van der Waals surface area contributed by atoms with Crippen LogP contribution in [-0.4, -0.2) is 33.9 Å². The van der Waals surface area contributed by atoms with Crippen molar-refractivity contribution in [3.63, 3.8) is 0 Å². The molecule has 1 aliphatic heterocycles. The van der Waals surface area contributed by atoms with Gasteiger partial charge in [0, 0.05) is 31.3 Å². The summed E-state index contributed by atoms with van der Waals surface area (Å²) in [6, 6.07) is 13.9. The molecule has 1 aromatic heterocycles. The van der Waals surface area contributed by atoms with Crippen molar-refractivity contribution in [3.05, 3.63) is 66.2 Å². The third-order valence-electron chi connectivity index (χ3n) is 4.30. The summed E-state index contributed by atoms with van der Waals surface area (Å²) in [6.45, 7) is 1.27. The van der Waals surface area contributed by atoms with Crippen molar-refractivity contribution in [2.24, 2.45) is 0 Å². The Hall–Kier alpha value is -2.95. The van der Waals surface area contributed by atoms with Crippen molar-refractivity contribution in [2.75, 3.05) is 13.2 Å². The van der Waals surface area contributed by atoms with Gasteiger partial charge in [0.15, 0.2) is 6.61 Å². The summed E-state index contributed by atoms with van der Waals surface area (Å²) in [6.07, 6.45) is 4.10. The number of ether oxygens (including phenoxy) is 1. The minimum Gasteiger partial charge on any atom is -0.484 e. The smallest absolute Gasteiger partial charge is 0.260 e. The molecule has 1 amide bonds. The Labute approximate surface area is 139 Å². The number of hydrogen-bond acceptors (Lipinski definition) is 4. The van der Waals surface area contributed by atoms with Crippen LogP contribution >= 0.6 is 0 Å². The molecule has 0 saturated heterocycles. The monoisotopic (exact) mass is 319 g/mol. The van der Waals surface area contributed by atoms with E-state index in [2.05, 4.69) is 16.0 Å². The molecule has 120 valence electrons. The Morgan fingerprint density at radius 1 is 1.17 bits per heavy atom. The van der Waals surface area contributed by atoms with E-state index in [4.69, 9.17) is 4.74 Å². The molecule has 0 atom stereocenters. The first-order chi connectivity index (χ1) is 11.8. The minimum atomic E-state index is -0.0161. The van der Waals surface area contributed by atoms with Crippen LogP contribution in [0.2, 0.25) is 0 Å². The Balaban J connectivity index is 1.41. The number of benzene rings is 2. The minimum absolute atomic E-state index is 0.0161. The molecule has 3 aromatic rings. The zero-order valence-electron chi connectivity index (χ0n) is 13.2. The Kier molecular flexibility index (Phi) is 3.83. The van der Waals surface area contributed by atoms with Gasteiger partial charge in [-0.1, -0.05) is 30.3 Å². The molecule has 2 heterocycles. The highest BCUT2D eigenvalue weighted by Gasteiger charge is 2.21. The fourth-order valence-corrected chi connectivity index (χ4v) is 2.97. The average Bonchev–Trinajstić information content (AvgIpc) is 2.65. The second-order valence-corrected chi connectivity index (χ2v) is 5.86. The molecular weight excluding hydrogens is 302 g/mol. The first kappa shape index (κ1) is 14.6. The zero-order chi connectivity index (χ0) is 16.4. The summed E-state index contributed by atoms with van der Waals surface area (Å²) in [7, 11) is 0. The number of rotatable bonds is 3. The van der Waals surface area contributed by atoms with Crippen LogP contribution < -0.4 is 4.74 Å². The fraction of sp³-hybridized carbons (Fsp3) is 0.211. The summed E-state index contributed by atoms with van der Waals surface area (Å²) in [5, 5.41) is 2.26. The van der Waals surface area contributed by atoms with Gasteiger partial charge in [0.05, 0.1) is 5.69 Å². The second-order valence-electron chi connectivity index (χ2n) is 5.86. The number of carbonyl (C=O) groups is 1. The zero-order valence-corrected chi connectivity index (χ0v) is 13.2. The maximum Gasteiger partial charge on any atom is 0.260 e. The van der Waals surface area contributed by atoms with E-state index in [1.807, 2.05) is 36.4 Å². The third kappa shape index (κ3) is 2.93. The van der Waals surface area contributed by atoms with Crippen LogP contribution in [-0.2, 0) is 17.8 Å². The maximum absolute atomic E-state index is 12.4. The topological polar surface area (TPSA) is 55.3 Å². The SMILES string of the molecule is O=C(COc1ccc2ccccc2c1)N1CCc2ncncc2C1. The average molecular weight is 319 g/mol. The largest absolute Gasteiger partial charge is 0.484 e. The number of fused-ring (bicyclic) bond motifs is 2. The van der Waals surface area contributed by atoms with Crippen molar-refractivity contribution in [1.29, 1.82) is 0 Å². The first-order valence-electron chi connectivity index (χ1n) is 7.97. The Morgan fingerprint density at radius 2 is 2.04 bits per heavy atom. The van der Waals surface area contributed by atoms with Gasteiger partial charge in [0.25, 0.3) is 5.91 Å². The molecule has 0 N–H and O–H groups in total. The lowest BCUT2D eigenvalue weighted by atomic mass is 10.1. The molecule has 24 heavy (non-hydrogen) atoms. The van der Waals surface area contributed by atoms with Gasteiger partial charge in [-0.2, -0.15) is 0 Å². The highest BCUT2D eigenvalue weighted by molar-refractivity contribution is 5.84. The van der Waals surface area contributed by atoms with E-state index in [1.54, 1.807) is 17.4 Å². The molecule has 2 aromatic carbocycles. The van der Waals surface area contributed by atoms with E-state index in [0.29, 0.717) is 18.8 Å². The number of carbonyl (C=O) groups excluding carboxylic acids is 1. The Morgan fingerprint density at radius 3 is 2.96 bits per heavy atom. The van der Waals surface area contributed by atoms with Crippen molar-refractivity contribution in [2.45, 2.75) is 13.0 Å². The third-order valence-corrected chi connectivity index (χ3v) is 4.30. The molecular formula is C19H17N3O2. The highest BCUT2D eigenvalue weighted by atomic mass is 16.5. The lowest BCUT2D eigenvalue weighted by Crippen LogP contribution is -2.39. The van der Waals surface area contributed by atoms with Gasteiger partial charge in [0.2, 0.25) is 0 Å². The van der Waals surface area contributed by atoms with Crippen LogP contribution in [0.15, 0.2) is 55.0 Å². The molecule has 0 spiro atoms. The van der Waals surface area contributed by atoms with E-state index in [9.17, 15) is 4.79 Å². The summed E-state index contributed by atoms with van der Waals surface area (Å²) in [4.78, 5) is 22.5. The van der Waals surface area contributed by atoms with Crippen LogP contribution in [0.4, 0.5) is 0 Å². The normalized spacial score (nSPS) is 13.6. The summed E-state index contributed by atoms with van der Waals surface area (Å²) in [5.74, 6) is 0.695. The fourth-order valence-electron chi connectivity index (χ4n) is 2.97. The molecule has 0 fully saturated rings. The van der Waals surface area contributed by atoms with Crippen LogP contribution in [0.1, 0.15) is 11.3 Å². The van der Waals surface area contributed by atoms with Crippen LogP contribution in [0.25, 0.3) is 10.8 Å². The van der Waals surface area contributed by atoms with Crippen LogP contribution in [0.5, 0.6) is 5.75 Å². The van der Waals surface area contributed by atoms with Crippen molar-refractivity contribution in [3.8, 4) is 5.75 Å². The number of amides is 1. The first-order valence-corrected chi connectivity index (χ1v) is 7.97. The summed E-state index contributed by atoms with van der Waals surface area (Å²) < 4.78 is 5.69. The van der Waals surface area contributed by atoms with E-state index in [0.717, 1.165) is 28.5 Å². The number of hydrogen-bond donors (Lipinski definition) is 0. The number of nitrogens with zero attached hydrogens (tertiary/aromatic N) is 3. The quantitative estimate of drug-likeness (QED) is 0.744. The molecule has 0 saturated carbocycles. The van der Waals surface area contributed by atoms with Gasteiger partial charge < -0.3 is 9.64 Å². The van der Waals surface area contributed by atoms with E-state index < -0.39 is 0 Å². The predicted octanol–water partition coefficient (Wildman–Crippen LogP) is 2.59. The molecule has 0 radical (unpaired) electrons. The molecule has 0 aliphatic carbocycles. The molecule has 5 heteroatoms. The molecule has 0 bridgehead atoms. The van der Waals surface area contributed by atoms with E-state index in [1.165, 1.54) is 0 Å². The summed E-state index contributed by atoms with van der Waals surface area (Å²) >= 11 is 0. The van der Waals surface area contributed by atoms with Gasteiger partial charge in [-0.3, -0.25) is 4.79 Å². The number of aromatic nitrogens is 2.